The standard InChI is InChI=1S/C11H18N2O/c14-10-11(5-1-7-12-11)6-2-8-13(10)9-3-4-9/h9,12H,1-8H2. The van der Waals surface area contributed by atoms with Crippen LogP contribution in [0.2, 0.25) is 0 Å². The normalized spacial score (nSPS) is 38.3. The fourth-order valence-electron chi connectivity index (χ4n) is 2.97. The van der Waals surface area contributed by atoms with Crippen molar-refractivity contribution in [3.05, 3.63) is 0 Å². The van der Waals surface area contributed by atoms with E-state index in [2.05, 4.69) is 10.2 Å². The molecule has 1 atom stereocenters. The van der Waals surface area contributed by atoms with Crippen LogP contribution in [0.3, 0.4) is 0 Å². The molecule has 3 nitrogen and oxygen atoms in total. The molecule has 2 heterocycles. The second-order valence-corrected chi connectivity index (χ2v) is 4.95. The van der Waals surface area contributed by atoms with Crippen molar-refractivity contribution in [3.8, 4) is 0 Å². The summed E-state index contributed by atoms with van der Waals surface area (Å²) in [6, 6.07) is 0.599. The number of piperidine rings is 1. The summed E-state index contributed by atoms with van der Waals surface area (Å²) < 4.78 is 0. The lowest BCUT2D eigenvalue weighted by molar-refractivity contribution is -0.141. The van der Waals surface area contributed by atoms with E-state index in [1.807, 2.05) is 0 Å². The molecule has 0 aromatic rings. The molecule has 1 N–H and O–H groups in total. The number of nitrogens with zero attached hydrogens (tertiary/aromatic N) is 1. The van der Waals surface area contributed by atoms with Crippen molar-refractivity contribution in [1.29, 1.82) is 0 Å². The minimum Gasteiger partial charge on any atom is -0.338 e. The monoisotopic (exact) mass is 194 g/mol. The van der Waals surface area contributed by atoms with Crippen LogP contribution in [0, 0.1) is 0 Å². The third-order valence-electron chi connectivity index (χ3n) is 3.90. The van der Waals surface area contributed by atoms with Crippen molar-refractivity contribution >= 4 is 5.91 Å². The summed E-state index contributed by atoms with van der Waals surface area (Å²) >= 11 is 0. The highest BCUT2D eigenvalue weighted by atomic mass is 16.2. The minimum absolute atomic E-state index is 0.138. The predicted molar refractivity (Wildman–Crippen MR) is 53.9 cm³/mol. The van der Waals surface area contributed by atoms with E-state index in [-0.39, 0.29) is 5.54 Å². The molecule has 1 aliphatic carbocycles. The Kier molecular flexibility index (Phi) is 1.84. The third kappa shape index (κ3) is 1.18. The minimum atomic E-state index is -0.138. The molecular weight excluding hydrogens is 176 g/mol. The predicted octanol–water partition coefficient (Wildman–Crippen LogP) is 0.893. The van der Waals surface area contributed by atoms with Crippen LogP contribution in [0.15, 0.2) is 0 Å². The largest absolute Gasteiger partial charge is 0.338 e. The van der Waals surface area contributed by atoms with Gasteiger partial charge in [-0.05, 0) is 45.1 Å². The van der Waals surface area contributed by atoms with Crippen molar-refractivity contribution < 1.29 is 4.79 Å². The van der Waals surface area contributed by atoms with Crippen LogP contribution in [0.25, 0.3) is 0 Å². The van der Waals surface area contributed by atoms with Gasteiger partial charge >= 0.3 is 0 Å². The number of amides is 1. The maximum Gasteiger partial charge on any atom is 0.243 e. The maximum absolute atomic E-state index is 12.3. The number of carbonyl (C=O) groups excluding carboxylic acids is 1. The molecule has 3 aliphatic rings. The number of rotatable bonds is 1. The second kappa shape index (κ2) is 2.96. The van der Waals surface area contributed by atoms with Gasteiger partial charge in [-0.25, -0.2) is 0 Å². The first-order valence-electron chi connectivity index (χ1n) is 5.88. The summed E-state index contributed by atoms with van der Waals surface area (Å²) in [5, 5.41) is 3.44. The quantitative estimate of drug-likeness (QED) is 0.672. The van der Waals surface area contributed by atoms with Crippen molar-refractivity contribution in [2.75, 3.05) is 13.1 Å². The molecule has 1 spiro atoms. The van der Waals surface area contributed by atoms with Gasteiger partial charge in [-0.15, -0.1) is 0 Å². The molecule has 0 aromatic heterocycles. The third-order valence-corrected chi connectivity index (χ3v) is 3.90. The van der Waals surface area contributed by atoms with Gasteiger partial charge in [0.05, 0.1) is 5.54 Å². The number of hydrogen-bond donors (Lipinski definition) is 1. The van der Waals surface area contributed by atoms with Crippen LogP contribution in [0.1, 0.15) is 38.5 Å². The Morgan fingerprint density at radius 2 is 2.07 bits per heavy atom. The van der Waals surface area contributed by atoms with Crippen molar-refractivity contribution in [1.82, 2.24) is 10.2 Å². The highest BCUT2D eigenvalue weighted by molar-refractivity contribution is 5.88. The van der Waals surface area contributed by atoms with Gasteiger partial charge in [0.2, 0.25) is 5.91 Å². The molecule has 1 unspecified atom stereocenters. The van der Waals surface area contributed by atoms with Gasteiger partial charge in [0.1, 0.15) is 0 Å². The van der Waals surface area contributed by atoms with Crippen LogP contribution in [0.4, 0.5) is 0 Å². The fraction of sp³-hybridized carbons (Fsp3) is 0.909. The van der Waals surface area contributed by atoms with Gasteiger partial charge < -0.3 is 10.2 Å². The van der Waals surface area contributed by atoms with Gasteiger partial charge in [0.25, 0.3) is 0 Å². The van der Waals surface area contributed by atoms with Gasteiger partial charge in [-0.2, -0.15) is 0 Å². The van der Waals surface area contributed by atoms with Crippen molar-refractivity contribution in [2.24, 2.45) is 0 Å². The van der Waals surface area contributed by atoms with E-state index in [9.17, 15) is 4.79 Å². The van der Waals surface area contributed by atoms with Gasteiger partial charge in [0, 0.05) is 12.6 Å². The number of carbonyl (C=O) groups is 1. The zero-order valence-corrected chi connectivity index (χ0v) is 8.59. The van der Waals surface area contributed by atoms with Crippen molar-refractivity contribution in [2.45, 2.75) is 50.1 Å². The molecule has 14 heavy (non-hydrogen) atoms. The lowest BCUT2D eigenvalue weighted by Gasteiger charge is -2.39. The Balaban J connectivity index is 1.81. The second-order valence-electron chi connectivity index (χ2n) is 4.95. The molecule has 0 bridgehead atoms. The summed E-state index contributed by atoms with van der Waals surface area (Å²) in [4.78, 5) is 14.4. The Morgan fingerprint density at radius 3 is 2.71 bits per heavy atom. The summed E-state index contributed by atoms with van der Waals surface area (Å²) in [6.45, 7) is 2.04. The van der Waals surface area contributed by atoms with Gasteiger partial charge in [0.15, 0.2) is 0 Å². The van der Waals surface area contributed by atoms with Gasteiger partial charge in [-0.1, -0.05) is 0 Å². The summed E-state index contributed by atoms with van der Waals surface area (Å²) in [5.74, 6) is 0.406. The SMILES string of the molecule is O=C1N(C2CC2)CCCC12CCCN2. The molecule has 78 valence electrons. The van der Waals surface area contributed by atoms with E-state index in [1.165, 1.54) is 25.7 Å². The van der Waals surface area contributed by atoms with E-state index in [1.54, 1.807) is 0 Å². The summed E-state index contributed by atoms with van der Waals surface area (Å²) in [7, 11) is 0. The molecule has 3 rings (SSSR count). The molecule has 2 aliphatic heterocycles. The molecule has 0 aromatic carbocycles. The zero-order chi connectivity index (χ0) is 9.60. The Morgan fingerprint density at radius 1 is 1.29 bits per heavy atom. The van der Waals surface area contributed by atoms with Crippen LogP contribution in [-0.4, -0.2) is 35.5 Å². The molecule has 3 fully saturated rings. The van der Waals surface area contributed by atoms with E-state index in [0.29, 0.717) is 11.9 Å². The topological polar surface area (TPSA) is 32.3 Å². The summed E-state index contributed by atoms with van der Waals surface area (Å²) in [6.07, 6.45) is 6.97. The van der Waals surface area contributed by atoms with E-state index >= 15 is 0 Å². The fourth-order valence-corrected chi connectivity index (χ4v) is 2.97. The van der Waals surface area contributed by atoms with E-state index < -0.39 is 0 Å². The molecule has 1 saturated carbocycles. The first-order chi connectivity index (χ1) is 6.82. The van der Waals surface area contributed by atoms with Crippen LogP contribution in [0.5, 0.6) is 0 Å². The Hall–Kier alpha value is -0.570. The first kappa shape index (κ1) is 8.72. The number of nitrogens with one attached hydrogen (secondary N) is 1. The van der Waals surface area contributed by atoms with Gasteiger partial charge in [-0.3, -0.25) is 4.79 Å². The average molecular weight is 194 g/mol. The van der Waals surface area contributed by atoms with E-state index in [4.69, 9.17) is 0 Å². The molecular formula is C11H18N2O. The maximum atomic E-state index is 12.3. The van der Waals surface area contributed by atoms with Crippen molar-refractivity contribution in [3.63, 3.8) is 0 Å². The summed E-state index contributed by atoms with van der Waals surface area (Å²) in [5.41, 5.74) is -0.138. The molecule has 1 amide bonds. The molecule has 3 heteroatoms. The van der Waals surface area contributed by atoms with Crippen LogP contribution in [-0.2, 0) is 4.79 Å². The zero-order valence-electron chi connectivity index (χ0n) is 8.59. The smallest absolute Gasteiger partial charge is 0.243 e. The number of hydrogen-bond acceptors (Lipinski definition) is 2. The Bertz CT molecular complexity index is 254. The van der Waals surface area contributed by atoms with Crippen LogP contribution < -0.4 is 5.32 Å². The first-order valence-corrected chi connectivity index (χ1v) is 5.88. The lowest BCUT2D eigenvalue weighted by Crippen LogP contribution is -2.59. The van der Waals surface area contributed by atoms with Crippen LogP contribution >= 0.6 is 0 Å². The molecule has 0 radical (unpaired) electrons. The molecule has 2 saturated heterocycles. The highest BCUT2D eigenvalue weighted by Crippen LogP contribution is 2.36. The lowest BCUT2D eigenvalue weighted by atomic mass is 9.86. The average Bonchev–Trinajstić information content (AvgIpc) is 2.92. The Labute approximate surface area is 84.8 Å². The van der Waals surface area contributed by atoms with E-state index in [0.717, 1.165) is 25.9 Å². The highest BCUT2D eigenvalue weighted by Gasteiger charge is 2.48. The number of likely N-dealkylation sites (tertiary alicyclic amines) is 1.